The Labute approximate surface area is 265 Å². The number of carbonyl (C=O) groups is 1. The van der Waals surface area contributed by atoms with Gasteiger partial charge in [0.05, 0.1) is 11.7 Å². The number of aliphatic hydroxyl groups is 1. The van der Waals surface area contributed by atoms with Gasteiger partial charge in [-0.1, -0.05) is 25.1 Å². The quantitative estimate of drug-likeness (QED) is 0.184. The van der Waals surface area contributed by atoms with Crippen molar-refractivity contribution in [1.82, 2.24) is 29.3 Å². The molecule has 1 saturated heterocycles. The topological polar surface area (TPSA) is 123 Å². The number of alkyl halides is 3. The maximum absolute atomic E-state index is 14.0. The summed E-state index contributed by atoms with van der Waals surface area (Å²) in [5.74, 6) is 1.65. The first-order valence-corrected chi connectivity index (χ1v) is 15.2. The van der Waals surface area contributed by atoms with Gasteiger partial charge in [0.2, 0.25) is 5.95 Å². The number of nitrogens with one attached hydrogen (secondary N) is 3. The van der Waals surface area contributed by atoms with Crippen molar-refractivity contribution in [3.05, 3.63) is 89.6 Å². The molecule has 0 spiro atoms. The maximum atomic E-state index is 14.0. The minimum absolute atomic E-state index is 0.0507. The molecule has 1 aliphatic rings. The Morgan fingerprint density at radius 3 is 2.43 bits per heavy atom. The molecule has 0 aliphatic carbocycles. The maximum Gasteiger partial charge on any atom is 0.416 e. The smallest absolute Gasteiger partial charge is 0.392 e. The van der Waals surface area contributed by atoms with Gasteiger partial charge in [-0.15, -0.1) is 0 Å². The summed E-state index contributed by atoms with van der Waals surface area (Å²) >= 11 is 0. The zero-order valence-electron chi connectivity index (χ0n) is 25.8. The SMILES string of the molecule is CCN1CCN(Cc2ccc(NC(=O)Nc3cccc(Cc4nccn4-c4ccnc(NC[C@H](C)O)n4)c3)cc2C(F)(F)F)CC1. The summed E-state index contributed by atoms with van der Waals surface area (Å²) in [6.07, 6.45) is 0.338. The Morgan fingerprint density at radius 1 is 0.978 bits per heavy atom. The highest BCUT2D eigenvalue weighted by Crippen LogP contribution is 2.34. The van der Waals surface area contributed by atoms with Crippen LogP contribution >= 0.6 is 0 Å². The molecule has 4 N–H and O–H groups in total. The Morgan fingerprint density at radius 2 is 1.72 bits per heavy atom. The molecule has 1 atom stereocenters. The third-order valence-corrected chi connectivity index (χ3v) is 7.69. The lowest BCUT2D eigenvalue weighted by Crippen LogP contribution is -2.45. The first-order chi connectivity index (χ1) is 22.1. The first-order valence-electron chi connectivity index (χ1n) is 15.2. The fraction of sp³-hybridized carbons (Fsp3) is 0.375. The summed E-state index contributed by atoms with van der Waals surface area (Å²) in [7, 11) is 0. The van der Waals surface area contributed by atoms with Gasteiger partial charge in [0.15, 0.2) is 0 Å². The lowest BCUT2D eigenvalue weighted by molar-refractivity contribution is -0.138. The lowest BCUT2D eigenvalue weighted by Gasteiger charge is -2.34. The fourth-order valence-corrected chi connectivity index (χ4v) is 5.28. The van der Waals surface area contributed by atoms with E-state index in [2.05, 4.69) is 42.7 Å². The number of piperazine rings is 1. The van der Waals surface area contributed by atoms with E-state index >= 15 is 0 Å². The zero-order valence-corrected chi connectivity index (χ0v) is 25.8. The Balaban J connectivity index is 1.23. The molecule has 244 valence electrons. The van der Waals surface area contributed by atoms with Crippen LogP contribution < -0.4 is 16.0 Å². The van der Waals surface area contributed by atoms with Gasteiger partial charge in [0, 0.05) is 75.7 Å². The molecular formula is C32H38F3N9O2. The lowest BCUT2D eigenvalue weighted by atomic mass is 10.0. The predicted molar refractivity (Wildman–Crippen MR) is 170 cm³/mol. The van der Waals surface area contributed by atoms with E-state index in [1.807, 2.05) is 15.5 Å². The number of amides is 2. The summed E-state index contributed by atoms with van der Waals surface area (Å²) < 4.78 is 43.9. The number of carbonyl (C=O) groups excluding carboxylic acids is 1. The predicted octanol–water partition coefficient (Wildman–Crippen LogP) is 4.85. The Bertz CT molecular complexity index is 1620. The number of halogens is 3. The van der Waals surface area contributed by atoms with E-state index in [9.17, 15) is 23.1 Å². The van der Waals surface area contributed by atoms with E-state index < -0.39 is 23.9 Å². The molecule has 0 saturated carbocycles. The largest absolute Gasteiger partial charge is 0.416 e. The molecule has 1 aliphatic heterocycles. The second kappa shape index (κ2) is 14.7. The van der Waals surface area contributed by atoms with E-state index in [0.29, 0.717) is 49.3 Å². The van der Waals surface area contributed by atoms with Gasteiger partial charge < -0.3 is 26.0 Å². The normalized spacial score (nSPS) is 15.0. The number of benzene rings is 2. The van der Waals surface area contributed by atoms with E-state index in [0.717, 1.165) is 31.3 Å². The number of nitrogens with zero attached hydrogens (tertiary/aromatic N) is 6. The highest BCUT2D eigenvalue weighted by Gasteiger charge is 2.34. The molecule has 0 bridgehead atoms. The number of hydrogen-bond donors (Lipinski definition) is 4. The van der Waals surface area contributed by atoms with Crippen LogP contribution in [0.5, 0.6) is 0 Å². The van der Waals surface area contributed by atoms with Gasteiger partial charge in [-0.05, 0) is 54.9 Å². The van der Waals surface area contributed by atoms with Crippen LogP contribution in [0.4, 0.5) is 35.3 Å². The molecule has 0 unspecified atom stereocenters. The molecule has 0 radical (unpaired) electrons. The van der Waals surface area contributed by atoms with Gasteiger partial charge in [0.1, 0.15) is 11.6 Å². The minimum atomic E-state index is -4.56. The van der Waals surface area contributed by atoms with Gasteiger partial charge in [-0.25, -0.2) is 14.8 Å². The minimum Gasteiger partial charge on any atom is -0.392 e. The van der Waals surface area contributed by atoms with E-state index in [1.54, 1.807) is 49.8 Å². The Kier molecular flexibility index (Phi) is 10.5. The van der Waals surface area contributed by atoms with Crippen LogP contribution in [0.3, 0.4) is 0 Å². The highest BCUT2D eigenvalue weighted by atomic mass is 19.4. The van der Waals surface area contributed by atoms with Gasteiger partial charge >= 0.3 is 12.2 Å². The average molecular weight is 638 g/mol. The van der Waals surface area contributed by atoms with Gasteiger partial charge in [0.25, 0.3) is 0 Å². The van der Waals surface area contributed by atoms with Crippen molar-refractivity contribution < 1.29 is 23.1 Å². The third kappa shape index (κ3) is 8.80. The molecular weight excluding hydrogens is 599 g/mol. The molecule has 4 aromatic rings. The molecule has 3 heterocycles. The monoisotopic (exact) mass is 637 g/mol. The van der Waals surface area contributed by atoms with Crippen molar-refractivity contribution >= 4 is 23.4 Å². The van der Waals surface area contributed by atoms with Crippen LogP contribution in [0.15, 0.2) is 67.1 Å². The number of likely N-dealkylation sites (N-methyl/N-ethyl adjacent to an activating group) is 1. The summed E-state index contributed by atoms with van der Waals surface area (Å²) in [4.78, 5) is 30.3. The van der Waals surface area contributed by atoms with Crippen LogP contribution in [0.25, 0.3) is 5.82 Å². The summed E-state index contributed by atoms with van der Waals surface area (Å²) in [6.45, 7) is 8.23. The van der Waals surface area contributed by atoms with Crippen molar-refractivity contribution in [2.75, 3.05) is 55.2 Å². The van der Waals surface area contributed by atoms with E-state index in [1.165, 1.54) is 12.1 Å². The second-order valence-electron chi connectivity index (χ2n) is 11.2. The number of aliphatic hydroxyl groups excluding tert-OH is 1. The number of urea groups is 1. The van der Waals surface area contributed by atoms with E-state index in [-0.39, 0.29) is 17.8 Å². The van der Waals surface area contributed by atoms with Crippen molar-refractivity contribution in [2.24, 2.45) is 0 Å². The summed E-state index contributed by atoms with van der Waals surface area (Å²) in [6, 6.07) is 12.1. The number of aromatic nitrogens is 4. The van der Waals surface area contributed by atoms with Gasteiger partial charge in [-0.2, -0.15) is 18.2 Å². The summed E-state index contributed by atoms with van der Waals surface area (Å²) in [5.41, 5.74) is 0.794. The zero-order chi connectivity index (χ0) is 32.7. The summed E-state index contributed by atoms with van der Waals surface area (Å²) in [5, 5.41) is 17.8. The van der Waals surface area contributed by atoms with Crippen molar-refractivity contribution in [3.8, 4) is 5.82 Å². The van der Waals surface area contributed by atoms with Gasteiger partial charge in [-0.3, -0.25) is 9.47 Å². The van der Waals surface area contributed by atoms with Crippen LogP contribution in [0.1, 0.15) is 36.4 Å². The number of rotatable bonds is 11. The van der Waals surface area contributed by atoms with Crippen molar-refractivity contribution in [3.63, 3.8) is 0 Å². The molecule has 11 nitrogen and oxygen atoms in total. The Hall–Kier alpha value is -4.53. The number of imidazole rings is 1. The van der Waals surface area contributed by atoms with Crippen LogP contribution in [0, 0.1) is 0 Å². The molecule has 1 fully saturated rings. The average Bonchev–Trinajstić information content (AvgIpc) is 3.49. The van der Waals surface area contributed by atoms with E-state index in [4.69, 9.17) is 0 Å². The molecule has 2 aromatic heterocycles. The molecule has 5 rings (SSSR count). The van der Waals surface area contributed by atoms with Crippen LogP contribution in [-0.4, -0.2) is 85.8 Å². The molecule has 2 amide bonds. The third-order valence-electron chi connectivity index (χ3n) is 7.69. The van der Waals surface area contributed by atoms with Crippen LogP contribution in [-0.2, 0) is 19.1 Å². The highest BCUT2D eigenvalue weighted by molar-refractivity contribution is 5.99. The first kappa shape index (κ1) is 32.9. The molecule has 46 heavy (non-hydrogen) atoms. The molecule has 14 heteroatoms. The van der Waals surface area contributed by atoms with Crippen LogP contribution in [0.2, 0.25) is 0 Å². The van der Waals surface area contributed by atoms with Crippen molar-refractivity contribution in [2.45, 2.75) is 39.1 Å². The number of anilines is 3. The second-order valence-corrected chi connectivity index (χ2v) is 11.2. The van der Waals surface area contributed by atoms with Crippen molar-refractivity contribution in [1.29, 1.82) is 0 Å². The fourth-order valence-electron chi connectivity index (χ4n) is 5.28. The number of hydrogen-bond acceptors (Lipinski definition) is 8. The molecule has 2 aromatic carbocycles. The standard InChI is InChI=1S/C32H38F3N9O2/c1-3-42-13-15-43(16-14-42)21-24-7-8-26(19-27(24)32(33,34)35)40-31(46)39-25-6-4-5-23(17-25)18-29-36-11-12-44(29)28-9-10-37-30(41-28)38-20-22(2)45/h4-12,17,19,22,45H,3,13-16,18,20-21H2,1-2H3,(H,37,38,41)(H2,39,40,46)/t22-/m0/s1.